The Bertz CT molecular complexity index is 436. The normalized spacial score (nSPS) is 30.6. The van der Waals surface area contributed by atoms with Gasteiger partial charge in [-0.2, -0.15) is 0 Å². The van der Waals surface area contributed by atoms with E-state index >= 15 is 0 Å². The highest BCUT2D eigenvalue weighted by molar-refractivity contribution is 9.10. The van der Waals surface area contributed by atoms with Crippen LogP contribution in [0.1, 0.15) is 32.3 Å². The van der Waals surface area contributed by atoms with Crippen molar-refractivity contribution in [1.29, 1.82) is 0 Å². The summed E-state index contributed by atoms with van der Waals surface area (Å²) < 4.78 is 0.971. The molecule has 2 rings (SSSR count). The molecule has 1 aromatic rings. The Morgan fingerprint density at radius 3 is 2.67 bits per heavy atom. The van der Waals surface area contributed by atoms with Crippen LogP contribution in [0, 0.1) is 10.8 Å². The Hall–Kier alpha value is -0.450. The van der Waals surface area contributed by atoms with Gasteiger partial charge in [-0.25, -0.2) is 0 Å². The number of aliphatic hydroxyl groups excluding tert-OH is 1. The van der Waals surface area contributed by atoms with E-state index in [2.05, 4.69) is 40.8 Å². The molecule has 100 valence electrons. The molecule has 0 radical (unpaired) electrons. The maximum Gasteiger partial charge on any atom is 0.0662 e. The molecule has 4 heteroatoms. The average molecular weight is 313 g/mol. The summed E-state index contributed by atoms with van der Waals surface area (Å²) in [7, 11) is 0. The Labute approximate surface area is 117 Å². The molecule has 0 spiro atoms. The minimum absolute atomic E-state index is 0.0428. The van der Waals surface area contributed by atoms with Crippen molar-refractivity contribution in [2.75, 3.05) is 6.54 Å². The molecule has 1 saturated carbocycles. The van der Waals surface area contributed by atoms with Gasteiger partial charge in [0.2, 0.25) is 0 Å². The van der Waals surface area contributed by atoms with Gasteiger partial charge in [-0.15, -0.1) is 0 Å². The lowest BCUT2D eigenvalue weighted by molar-refractivity contribution is -0.00467. The van der Waals surface area contributed by atoms with Gasteiger partial charge < -0.3 is 10.8 Å². The number of nitrogens with two attached hydrogens (primary N) is 1. The van der Waals surface area contributed by atoms with Crippen LogP contribution >= 0.6 is 15.9 Å². The Morgan fingerprint density at radius 2 is 2.17 bits per heavy atom. The summed E-state index contributed by atoms with van der Waals surface area (Å²) in [5.41, 5.74) is 6.86. The van der Waals surface area contributed by atoms with Gasteiger partial charge in [0, 0.05) is 28.8 Å². The fourth-order valence-electron chi connectivity index (χ4n) is 3.10. The van der Waals surface area contributed by atoms with Crippen LogP contribution in [0.25, 0.3) is 0 Å². The minimum atomic E-state index is -0.353. The van der Waals surface area contributed by atoms with Crippen LogP contribution in [0.5, 0.6) is 0 Å². The quantitative estimate of drug-likeness (QED) is 0.901. The molecule has 2 atom stereocenters. The van der Waals surface area contributed by atoms with Crippen molar-refractivity contribution in [2.45, 2.75) is 39.2 Å². The van der Waals surface area contributed by atoms with Gasteiger partial charge in [0.05, 0.1) is 6.10 Å². The van der Waals surface area contributed by atoms with E-state index < -0.39 is 0 Å². The van der Waals surface area contributed by atoms with Gasteiger partial charge in [-0.1, -0.05) is 13.8 Å². The summed E-state index contributed by atoms with van der Waals surface area (Å²) >= 11 is 3.43. The highest BCUT2D eigenvalue weighted by Gasteiger charge is 2.50. The highest BCUT2D eigenvalue weighted by Crippen LogP contribution is 2.50. The lowest BCUT2D eigenvalue weighted by Crippen LogP contribution is -2.44. The zero-order chi connectivity index (χ0) is 13.4. The molecule has 0 saturated heterocycles. The van der Waals surface area contributed by atoms with Gasteiger partial charge in [0.25, 0.3) is 0 Å². The largest absolute Gasteiger partial charge is 0.392 e. The second kappa shape index (κ2) is 4.91. The fraction of sp³-hybridized carbons (Fsp3) is 0.643. The molecule has 0 amide bonds. The first-order valence-corrected chi connectivity index (χ1v) is 7.16. The molecule has 0 aromatic carbocycles. The molecular weight excluding hydrogens is 292 g/mol. The molecule has 3 nitrogen and oxygen atoms in total. The standard InChI is InChI=1S/C14H21BrN2O/c1-13(2)3-4-14(9-16,12(13)18)6-10-5-11(15)8-17-7-10/h5,7-8,12,18H,3-4,6,9,16H2,1-2H3. The minimum Gasteiger partial charge on any atom is -0.392 e. The first kappa shape index (κ1) is 14.0. The summed E-state index contributed by atoms with van der Waals surface area (Å²) in [6.07, 6.45) is 6.07. The van der Waals surface area contributed by atoms with E-state index in [0.29, 0.717) is 6.54 Å². The monoisotopic (exact) mass is 312 g/mol. The van der Waals surface area contributed by atoms with E-state index in [-0.39, 0.29) is 16.9 Å². The lowest BCUT2D eigenvalue weighted by atomic mass is 9.74. The van der Waals surface area contributed by atoms with E-state index in [1.54, 1.807) is 6.20 Å². The van der Waals surface area contributed by atoms with Crippen molar-refractivity contribution in [3.05, 3.63) is 28.5 Å². The number of hydrogen-bond acceptors (Lipinski definition) is 3. The highest BCUT2D eigenvalue weighted by atomic mass is 79.9. The molecule has 0 bridgehead atoms. The van der Waals surface area contributed by atoms with Gasteiger partial charge in [-0.3, -0.25) is 4.98 Å². The van der Waals surface area contributed by atoms with E-state index in [1.165, 1.54) is 0 Å². The summed E-state index contributed by atoms with van der Waals surface area (Å²) in [6.45, 7) is 4.76. The fourth-order valence-corrected chi connectivity index (χ4v) is 3.52. The van der Waals surface area contributed by atoms with Gasteiger partial charge in [-0.05, 0) is 52.2 Å². The third kappa shape index (κ3) is 2.46. The Balaban J connectivity index is 2.25. The Morgan fingerprint density at radius 1 is 1.44 bits per heavy atom. The molecule has 0 aliphatic heterocycles. The summed E-state index contributed by atoms with van der Waals surface area (Å²) in [5.74, 6) is 0. The third-order valence-electron chi connectivity index (χ3n) is 4.31. The van der Waals surface area contributed by atoms with E-state index in [4.69, 9.17) is 5.73 Å². The molecule has 1 aliphatic carbocycles. The van der Waals surface area contributed by atoms with Crippen molar-refractivity contribution in [3.8, 4) is 0 Å². The van der Waals surface area contributed by atoms with Gasteiger partial charge in [0.15, 0.2) is 0 Å². The van der Waals surface area contributed by atoms with Gasteiger partial charge >= 0.3 is 0 Å². The number of halogens is 1. The summed E-state index contributed by atoms with van der Waals surface area (Å²) in [4.78, 5) is 4.18. The van der Waals surface area contributed by atoms with Crippen LogP contribution in [0.2, 0.25) is 0 Å². The number of nitrogens with zero attached hydrogens (tertiary/aromatic N) is 1. The van der Waals surface area contributed by atoms with Gasteiger partial charge in [0.1, 0.15) is 0 Å². The molecule has 18 heavy (non-hydrogen) atoms. The van der Waals surface area contributed by atoms with Crippen LogP contribution in [-0.2, 0) is 6.42 Å². The number of hydrogen-bond donors (Lipinski definition) is 2. The summed E-state index contributed by atoms with van der Waals surface area (Å²) in [6, 6.07) is 2.06. The van der Waals surface area contributed by atoms with E-state index in [0.717, 1.165) is 29.3 Å². The molecule has 2 unspecified atom stereocenters. The predicted octanol–water partition coefficient (Wildman–Crippen LogP) is 2.51. The van der Waals surface area contributed by atoms with E-state index in [9.17, 15) is 5.11 Å². The van der Waals surface area contributed by atoms with Crippen LogP contribution in [0.3, 0.4) is 0 Å². The van der Waals surface area contributed by atoms with Crippen molar-refractivity contribution in [1.82, 2.24) is 4.98 Å². The maximum absolute atomic E-state index is 10.6. The second-order valence-electron chi connectivity index (χ2n) is 6.15. The first-order chi connectivity index (χ1) is 8.39. The van der Waals surface area contributed by atoms with Crippen LogP contribution < -0.4 is 5.73 Å². The average Bonchev–Trinajstić information content (AvgIpc) is 2.54. The van der Waals surface area contributed by atoms with Crippen molar-refractivity contribution < 1.29 is 5.11 Å². The topological polar surface area (TPSA) is 59.1 Å². The smallest absolute Gasteiger partial charge is 0.0662 e. The second-order valence-corrected chi connectivity index (χ2v) is 7.06. The first-order valence-electron chi connectivity index (χ1n) is 6.37. The molecule has 3 N–H and O–H groups in total. The van der Waals surface area contributed by atoms with Crippen molar-refractivity contribution in [3.63, 3.8) is 0 Å². The molecular formula is C14H21BrN2O. The lowest BCUT2D eigenvalue weighted by Gasteiger charge is -2.36. The summed E-state index contributed by atoms with van der Waals surface area (Å²) in [5, 5.41) is 10.6. The van der Waals surface area contributed by atoms with Crippen LogP contribution in [-0.4, -0.2) is 22.7 Å². The maximum atomic E-state index is 10.6. The van der Waals surface area contributed by atoms with Crippen LogP contribution in [0.4, 0.5) is 0 Å². The third-order valence-corrected chi connectivity index (χ3v) is 4.75. The molecule has 1 aromatic heterocycles. The SMILES string of the molecule is CC1(C)CCC(CN)(Cc2cncc(Br)c2)C1O. The predicted molar refractivity (Wildman–Crippen MR) is 76.2 cm³/mol. The number of rotatable bonds is 3. The van der Waals surface area contributed by atoms with Crippen LogP contribution in [0.15, 0.2) is 22.9 Å². The number of pyridine rings is 1. The zero-order valence-corrected chi connectivity index (χ0v) is 12.6. The Kier molecular flexibility index (Phi) is 3.81. The zero-order valence-electron chi connectivity index (χ0n) is 11.0. The molecule has 1 fully saturated rings. The molecule has 1 heterocycles. The van der Waals surface area contributed by atoms with Crippen molar-refractivity contribution in [2.24, 2.45) is 16.6 Å². The number of aliphatic hydroxyl groups is 1. The van der Waals surface area contributed by atoms with E-state index in [1.807, 2.05) is 6.20 Å². The molecule has 1 aliphatic rings. The number of aromatic nitrogens is 1. The van der Waals surface area contributed by atoms with Crippen molar-refractivity contribution >= 4 is 15.9 Å².